The van der Waals surface area contributed by atoms with Gasteiger partial charge in [-0.25, -0.2) is 0 Å². The van der Waals surface area contributed by atoms with E-state index in [2.05, 4.69) is 0 Å². The van der Waals surface area contributed by atoms with Crippen LogP contribution < -0.4 is 107 Å². The standard InChI is InChI=1S/CN.Cr.2K.H2O.3O/c1-2;;;;;;;/h;;;;1H2;;;/q-1;3*+1;;;;-1/p-1. The Bertz CT molecular complexity index is 130. The van der Waals surface area contributed by atoms with Crippen molar-refractivity contribution in [1.82, 2.24) is 0 Å². The minimum atomic E-state index is -5.50. The molecule has 0 rings (SSSR count). The van der Waals surface area contributed by atoms with Gasteiger partial charge in [0.05, 0.1) is 0 Å². The molecule has 0 saturated heterocycles. The molecular formula is CHCrK2NO4. The average Bonchev–Trinajstić information content (AvgIpc) is 1.36. The summed E-state index contributed by atoms with van der Waals surface area (Å²) in [6, 6.07) is 0. The Morgan fingerprint density at radius 3 is 1.33 bits per heavy atom. The first-order valence-corrected chi connectivity index (χ1v) is 3.04. The van der Waals surface area contributed by atoms with E-state index in [4.69, 9.17) is 27.8 Å². The zero-order chi connectivity index (χ0) is 6.50. The van der Waals surface area contributed by atoms with Crippen LogP contribution in [-0.4, -0.2) is 4.16 Å². The molecule has 0 radical (unpaired) electrons. The molecule has 0 saturated carbocycles. The number of rotatable bonds is 0. The Kier molecular flexibility index (Phi) is 33.7. The second-order valence-corrected chi connectivity index (χ2v) is 1.76. The molecule has 0 aromatic heterocycles. The zero-order valence-corrected chi connectivity index (χ0v) is 12.5. The summed E-state index contributed by atoms with van der Waals surface area (Å²) in [5.41, 5.74) is 0. The average molecular weight is 221 g/mol. The van der Waals surface area contributed by atoms with Crippen molar-refractivity contribution in [3.8, 4) is 0 Å². The first kappa shape index (κ1) is 22.6. The monoisotopic (exact) mass is 221 g/mol. The van der Waals surface area contributed by atoms with E-state index in [1.165, 1.54) is 0 Å². The van der Waals surface area contributed by atoms with Gasteiger partial charge < -0.3 is 11.8 Å². The number of hydrogen-bond donors (Lipinski definition) is 1. The predicted octanol–water partition coefficient (Wildman–Crippen LogP) is -7.88. The molecule has 0 heterocycles. The topological polar surface area (TPSA) is 101 Å². The molecule has 42 valence electrons. The van der Waals surface area contributed by atoms with E-state index in [1.807, 2.05) is 0 Å². The number of nitrogens with zero attached hydrogens (tertiary/aromatic N) is 1. The molecule has 0 atom stereocenters. The third kappa shape index (κ3) is 106. The molecule has 9 heavy (non-hydrogen) atoms. The summed E-state index contributed by atoms with van der Waals surface area (Å²) in [5, 5.41) is 6.25. The van der Waals surface area contributed by atoms with Gasteiger partial charge in [-0.05, 0) is 0 Å². The van der Waals surface area contributed by atoms with Gasteiger partial charge in [-0.1, -0.05) is 0 Å². The molecule has 0 aromatic carbocycles. The number of hydrogen-bond acceptors (Lipinski definition) is 4. The van der Waals surface area contributed by atoms with E-state index in [1.54, 1.807) is 0 Å². The Morgan fingerprint density at radius 1 is 1.33 bits per heavy atom. The molecule has 0 bridgehead atoms. The van der Waals surface area contributed by atoms with Crippen LogP contribution in [0.2, 0.25) is 0 Å². The van der Waals surface area contributed by atoms with Gasteiger partial charge in [0.1, 0.15) is 0 Å². The van der Waals surface area contributed by atoms with Crippen LogP contribution in [0.25, 0.3) is 0 Å². The molecule has 0 amide bonds. The summed E-state index contributed by atoms with van der Waals surface area (Å²) in [6.45, 7) is 4.75. The van der Waals surface area contributed by atoms with Gasteiger partial charge in [-0.15, -0.1) is 0 Å². The normalized spacial score (nSPS) is 6.67. The van der Waals surface area contributed by atoms with Crippen molar-refractivity contribution in [2.24, 2.45) is 0 Å². The molecule has 5 nitrogen and oxygen atoms in total. The van der Waals surface area contributed by atoms with E-state index >= 15 is 0 Å². The van der Waals surface area contributed by atoms with Crippen LogP contribution in [-0.2, 0) is 21.2 Å². The van der Waals surface area contributed by atoms with Crippen molar-refractivity contribution < 1.29 is 132 Å². The van der Waals surface area contributed by atoms with E-state index in [0.29, 0.717) is 0 Å². The molecule has 0 aliphatic heterocycles. The van der Waals surface area contributed by atoms with Crippen molar-refractivity contribution in [3.05, 3.63) is 6.57 Å². The Hall–Kier alpha value is 2.82. The molecule has 0 aliphatic carbocycles. The first-order valence-electron chi connectivity index (χ1n) is 0.906. The molecular weight excluding hydrogens is 220 g/mol. The Balaban J connectivity index is -0.0000000286. The Morgan fingerprint density at radius 2 is 1.33 bits per heavy atom. The third-order valence-corrected chi connectivity index (χ3v) is 0. The van der Waals surface area contributed by atoms with Crippen molar-refractivity contribution in [1.29, 1.82) is 5.26 Å². The summed E-state index contributed by atoms with van der Waals surface area (Å²) in [7, 11) is 0. The van der Waals surface area contributed by atoms with Crippen LogP contribution in [0.15, 0.2) is 0 Å². The SMILES string of the molecule is [C-]#N.[K+].[K+].[O]=[Cr](=[O])([O-])[OH]. The van der Waals surface area contributed by atoms with Gasteiger partial charge in [0, 0.05) is 0 Å². The summed E-state index contributed by atoms with van der Waals surface area (Å²) in [6.07, 6.45) is 0. The van der Waals surface area contributed by atoms with E-state index < -0.39 is 13.6 Å². The third-order valence-electron chi connectivity index (χ3n) is 0. The van der Waals surface area contributed by atoms with Crippen LogP contribution in [0, 0.1) is 11.8 Å². The molecule has 0 aliphatic rings. The van der Waals surface area contributed by atoms with Crippen molar-refractivity contribution >= 4 is 0 Å². The fourth-order valence-corrected chi connectivity index (χ4v) is 0. The van der Waals surface area contributed by atoms with Crippen LogP contribution >= 0.6 is 0 Å². The fourth-order valence-electron chi connectivity index (χ4n) is 0. The van der Waals surface area contributed by atoms with Crippen LogP contribution in [0.4, 0.5) is 0 Å². The molecule has 0 aromatic rings. The Labute approximate surface area is 140 Å². The predicted molar refractivity (Wildman–Crippen MR) is 8.56 cm³/mol. The van der Waals surface area contributed by atoms with Crippen LogP contribution in [0.3, 0.4) is 0 Å². The summed E-state index contributed by atoms with van der Waals surface area (Å²) >= 11 is -5.50. The van der Waals surface area contributed by atoms with E-state index in [9.17, 15) is 0 Å². The quantitative estimate of drug-likeness (QED) is 0.323. The fraction of sp³-hybridized carbons (Fsp3) is 0. The van der Waals surface area contributed by atoms with Gasteiger partial charge in [0.25, 0.3) is 0 Å². The van der Waals surface area contributed by atoms with Gasteiger partial charge in [-0.3, -0.25) is 0 Å². The van der Waals surface area contributed by atoms with Gasteiger partial charge >= 0.3 is 132 Å². The maximum atomic E-state index is 8.70. The van der Waals surface area contributed by atoms with Crippen LogP contribution in [0.1, 0.15) is 0 Å². The minimum absolute atomic E-state index is 0. The summed E-state index contributed by atoms with van der Waals surface area (Å²) < 4.78 is 33.1. The molecule has 0 unspecified atom stereocenters. The van der Waals surface area contributed by atoms with E-state index in [0.717, 1.165) is 0 Å². The van der Waals surface area contributed by atoms with Gasteiger partial charge in [-0.2, -0.15) is 0 Å². The van der Waals surface area contributed by atoms with Crippen molar-refractivity contribution in [3.63, 3.8) is 0 Å². The second kappa shape index (κ2) is 13.4. The van der Waals surface area contributed by atoms with E-state index in [-0.39, 0.29) is 103 Å². The molecule has 0 fully saturated rings. The molecule has 8 heteroatoms. The molecule has 1 N–H and O–H groups in total. The van der Waals surface area contributed by atoms with Crippen molar-refractivity contribution in [2.75, 3.05) is 0 Å². The molecule has 0 spiro atoms. The zero-order valence-electron chi connectivity index (χ0n) is 5.03. The maximum absolute atomic E-state index is 8.70. The van der Waals surface area contributed by atoms with Crippen LogP contribution in [0.5, 0.6) is 0 Å². The first-order chi connectivity index (χ1) is 3.00. The second-order valence-electron chi connectivity index (χ2n) is 0.428. The van der Waals surface area contributed by atoms with Gasteiger partial charge in [0.2, 0.25) is 0 Å². The summed E-state index contributed by atoms with van der Waals surface area (Å²) in [5.74, 6) is 0. The van der Waals surface area contributed by atoms with Gasteiger partial charge in [0.15, 0.2) is 0 Å². The van der Waals surface area contributed by atoms with Crippen molar-refractivity contribution in [2.45, 2.75) is 0 Å². The summed E-state index contributed by atoms with van der Waals surface area (Å²) in [4.78, 5) is 0.